The number of halogens is 3. The van der Waals surface area contributed by atoms with Crippen LogP contribution in [0.2, 0.25) is 10.0 Å². The van der Waals surface area contributed by atoms with E-state index in [1.165, 1.54) is 5.69 Å². The lowest BCUT2D eigenvalue weighted by Crippen LogP contribution is -2.67. The fraction of sp³-hybridized carbons (Fsp3) is 0.259. The molecule has 5 nitrogen and oxygen atoms in total. The van der Waals surface area contributed by atoms with Crippen molar-refractivity contribution >= 4 is 67.8 Å². The zero-order chi connectivity index (χ0) is 24.3. The summed E-state index contributed by atoms with van der Waals surface area (Å²) in [5, 5.41) is 7.72. The van der Waals surface area contributed by atoms with Crippen molar-refractivity contribution in [1.82, 2.24) is 0 Å². The van der Waals surface area contributed by atoms with Gasteiger partial charge in [-0.3, -0.25) is 4.79 Å². The number of benzene rings is 3. The van der Waals surface area contributed by atoms with E-state index in [4.69, 9.17) is 28.3 Å². The Morgan fingerprint density at radius 1 is 0.971 bits per heavy atom. The summed E-state index contributed by atoms with van der Waals surface area (Å²) in [6.45, 7) is 4.33. The zero-order valence-electron chi connectivity index (χ0n) is 19.1. The molecule has 1 spiro atoms. The van der Waals surface area contributed by atoms with Gasteiger partial charge in [0.25, 0.3) is 5.91 Å². The number of rotatable bonds is 2. The lowest BCUT2D eigenvalue weighted by molar-refractivity contribution is -0.125. The third kappa shape index (κ3) is 3.65. The molecule has 1 fully saturated rings. The number of hydrazone groups is 1. The Kier molecular flexibility index (Phi) is 5.59. The van der Waals surface area contributed by atoms with Gasteiger partial charge in [-0.1, -0.05) is 45.2 Å². The summed E-state index contributed by atoms with van der Waals surface area (Å²) in [6.07, 6.45) is 0.602. The van der Waals surface area contributed by atoms with Crippen LogP contribution in [-0.2, 0) is 11.2 Å². The maximum atomic E-state index is 14.3. The van der Waals surface area contributed by atoms with E-state index < -0.39 is 5.41 Å². The summed E-state index contributed by atoms with van der Waals surface area (Å²) >= 11 is 16.1. The van der Waals surface area contributed by atoms with Gasteiger partial charge in [-0.25, -0.2) is 0 Å². The Morgan fingerprint density at radius 2 is 1.77 bits per heavy atom. The molecule has 0 radical (unpaired) electrons. The fourth-order valence-electron chi connectivity index (χ4n) is 5.77. The monoisotopic (exact) mass is 568 g/mol. The molecule has 3 aliphatic rings. The van der Waals surface area contributed by atoms with Crippen LogP contribution in [0, 0.1) is 5.41 Å². The second-order valence-corrected chi connectivity index (χ2v) is 11.1. The van der Waals surface area contributed by atoms with Gasteiger partial charge in [0.1, 0.15) is 5.41 Å². The Morgan fingerprint density at radius 3 is 2.54 bits per heavy atom. The van der Waals surface area contributed by atoms with Gasteiger partial charge in [0.2, 0.25) is 0 Å². The molecule has 3 aromatic rings. The van der Waals surface area contributed by atoms with Crippen molar-refractivity contribution in [2.75, 3.05) is 34.4 Å². The van der Waals surface area contributed by atoms with E-state index in [1.54, 1.807) is 17.1 Å². The molecule has 3 aromatic carbocycles. The largest absolute Gasteiger partial charge is 0.368 e. The standard InChI is InChI=1S/C27H23BrCl2N4O/c1-17-27(26(35)34(31-17)22-8-6-20(29)7-9-22)15-18-13-19(28)5-10-24(18)33-12-11-32(16-25(27)33)23-4-2-3-21(30)14-23/h2-10,13-14,25H,11-12,15-16H2,1H3/t25-,27+/m1/s1. The molecule has 1 saturated heterocycles. The molecular weight excluding hydrogens is 547 g/mol. The van der Waals surface area contributed by atoms with Crippen LogP contribution in [0.5, 0.6) is 0 Å². The maximum Gasteiger partial charge on any atom is 0.261 e. The van der Waals surface area contributed by atoms with E-state index in [2.05, 4.69) is 50.0 Å². The lowest BCUT2D eigenvalue weighted by Gasteiger charge is -2.53. The number of hydrogen-bond donors (Lipinski definition) is 0. The summed E-state index contributed by atoms with van der Waals surface area (Å²) in [4.78, 5) is 19.1. The van der Waals surface area contributed by atoms with E-state index in [0.717, 1.165) is 40.2 Å². The molecule has 35 heavy (non-hydrogen) atoms. The molecule has 1 amide bonds. The van der Waals surface area contributed by atoms with Crippen molar-refractivity contribution in [3.05, 3.63) is 86.8 Å². The average Bonchev–Trinajstić information content (AvgIpc) is 3.09. The minimum absolute atomic E-state index is 0.00546. The summed E-state index contributed by atoms with van der Waals surface area (Å²) in [6, 6.07) is 21.5. The zero-order valence-corrected chi connectivity index (χ0v) is 22.2. The van der Waals surface area contributed by atoms with Crippen molar-refractivity contribution in [2.45, 2.75) is 19.4 Å². The second-order valence-electron chi connectivity index (χ2n) is 9.34. The van der Waals surface area contributed by atoms with E-state index >= 15 is 0 Å². The minimum Gasteiger partial charge on any atom is -0.368 e. The number of carbonyl (C=O) groups excluding carboxylic acids is 1. The van der Waals surface area contributed by atoms with E-state index in [1.807, 2.05) is 37.3 Å². The molecule has 3 aliphatic heterocycles. The van der Waals surface area contributed by atoms with E-state index in [-0.39, 0.29) is 11.9 Å². The molecule has 0 saturated carbocycles. The Labute approximate surface area is 223 Å². The predicted molar refractivity (Wildman–Crippen MR) is 147 cm³/mol. The molecule has 0 aromatic heterocycles. The SMILES string of the molecule is CC1=NN(c2ccc(Cl)cc2)C(=O)[C@@]12Cc1cc(Br)ccc1N1CCN(c3cccc(Cl)c3)C[C@@H]12. The number of nitrogens with zero attached hydrogens (tertiary/aromatic N) is 4. The van der Waals surface area contributed by atoms with Crippen molar-refractivity contribution < 1.29 is 4.79 Å². The first kappa shape index (κ1) is 22.9. The van der Waals surface area contributed by atoms with Crippen LogP contribution in [0.4, 0.5) is 17.1 Å². The lowest BCUT2D eigenvalue weighted by atomic mass is 9.67. The van der Waals surface area contributed by atoms with E-state index in [0.29, 0.717) is 23.0 Å². The van der Waals surface area contributed by atoms with Gasteiger partial charge in [0, 0.05) is 45.5 Å². The maximum absolute atomic E-state index is 14.3. The minimum atomic E-state index is -0.773. The number of fused-ring (bicyclic) bond motifs is 4. The van der Waals surface area contributed by atoms with Gasteiger partial charge in [0.15, 0.2) is 0 Å². The number of amides is 1. The first-order valence-corrected chi connectivity index (χ1v) is 13.1. The molecule has 0 unspecified atom stereocenters. The predicted octanol–water partition coefficient (Wildman–Crippen LogP) is 6.42. The van der Waals surface area contributed by atoms with Gasteiger partial charge in [-0.2, -0.15) is 10.1 Å². The molecule has 6 rings (SSSR count). The Hall–Kier alpha value is -2.54. The Balaban J connectivity index is 1.46. The van der Waals surface area contributed by atoms with Crippen molar-refractivity contribution in [1.29, 1.82) is 0 Å². The topological polar surface area (TPSA) is 39.2 Å². The van der Waals surface area contributed by atoms with Crippen LogP contribution < -0.4 is 14.8 Å². The molecule has 2 atom stereocenters. The number of piperazine rings is 1. The van der Waals surface area contributed by atoms with Gasteiger partial charge in [-0.15, -0.1) is 0 Å². The molecule has 8 heteroatoms. The highest BCUT2D eigenvalue weighted by Crippen LogP contribution is 2.49. The third-order valence-electron chi connectivity index (χ3n) is 7.48. The molecule has 0 bridgehead atoms. The number of hydrogen-bond acceptors (Lipinski definition) is 4. The highest BCUT2D eigenvalue weighted by atomic mass is 79.9. The van der Waals surface area contributed by atoms with Crippen LogP contribution >= 0.6 is 39.1 Å². The van der Waals surface area contributed by atoms with Crippen LogP contribution in [0.1, 0.15) is 12.5 Å². The smallest absolute Gasteiger partial charge is 0.261 e. The van der Waals surface area contributed by atoms with Gasteiger partial charge in [0.05, 0.1) is 17.4 Å². The highest BCUT2D eigenvalue weighted by Gasteiger charge is 2.60. The molecule has 0 aliphatic carbocycles. The second kappa shape index (κ2) is 8.54. The van der Waals surface area contributed by atoms with Gasteiger partial charge < -0.3 is 9.80 Å². The quantitative estimate of drug-likeness (QED) is 0.357. The van der Waals surface area contributed by atoms with E-state index in [9.17, 15) is 4.79 Å². The van der Waals surface area contributed by atoms with Gasteiger partial charge in [-0.05, 0) is 79.6 Å². The van der Waals surface area contributed by atoms with Crippen molar-refractivity contribution in [3.8, 4) is 0 Å². The summed E-state index contributed by atoms with van der Waals surface area (Å²) in [7, 11) is 0. The van der Waals surface area contributed by atoms with Crippen LogP contribution in [0.3, 0.4) is 0 Å². The summed E-state index contributed by atoms with van der Waals surface area (Å²) < 4.78 is 1.01. The third-order valence-corrected chi connectivity index (χ3v) is 8.46. The van der Waals surface area contributed by atoms with Crippen LogP contribution in [-0.4, -0.2) is 37.3 Å². The van der Waals surface area contributed by atoms with Gasteiger partial charge >= 0.3 is 0 Å². The Bertz CT molecular complexity index is 1360. The first-order valence-electron chi connectivity index (χ1n) is 11.6. The van der Waals surface area contributed by atoms with Crippen LogP contribution in [0.25, 0.3) is 0 Å². The fourth-order valence-corrected chi connectivity index (χ4v) is 6.49. The highest BCUT2D eigenvalue weighted by molar-refractivity contribution is 9.10. The number of carbonyl (C=O) groups is 1. The number of anilines is 3. The molecule has 3 heterocycles. The molecule has 0 N–H and O–H groups in total. The average molecular weight is 570 g/mol. The van der Waals surface area contributed by atoms with Crippen LogP contribution in [0.15, 0.2) is 76.3 Å². The molecular formula is C27H23BrCl2N4O. The van der Waals surface area contributed by atoms with Crippen molar-refractivity contribution in [2.24, 2.45) is 10.5 Å². The van der Waals surface area contributed by atoms with Crippen molar-refractivity contribution in [3.63, 3.8) is 0 Å². The molecule has 178 valence electrons. The summed E-state index contributed by atoms with van der Waals surface area (Å²) in [5.74, 6) is 0.00546. The summed E-state index contributed by atoms with van der Waals surface area (Å²) in [5.41, 5.74) is 4.22. The first-order chi connectivity index (χ1) is 16.9. The normalized spacial score (nSPS) is 23.4.